The first-order valence-electron chi connectivity index (χ1n) is 5.52. The molecule has 1 fully saturated rings. The summed E-state index contributed by atoms with van der Waals surface area (Å²) >= 11 is 0. The van der Waals surface area contributed by atoms with E-state index in [9.17, 15) is 0 Å². The zero-order chi connectivity index (χ0) is 9.84. The molecule has 2 heteroatoms. The van der Waals surface area contributed by atoms with Gasteiger partial charge in [0.1, 0.15) is 0 Å². The normalized spacial score (nSPS) is 30.0. The first kappa shape index (κ1) is 11.0. The van der Waals surface area contributed by atoms with Crippen molar-refractivity contribution in [2.75, 3.05) is 14.1 Å². The van der Waals surface area contributed by atoms with Crippen LogP contribution in [-0.4, -0.2) is 37.1 Å². The number of nitrogens with one attached hydrogen (secondary N) is 1. The summed E-state index contributed by atoms with van der Waals surface area (Å²) in [7, 11) is 4.39. The summed E-state index contributed by atoms with van der Waals surface area (Å²) in [6.45, 7) is 4.47. The molecule has 0 spiro atoms. The number of rotatable bonds is 3. The van der Waals surface area contributed by atoms with Gasteiger partial charge < -0.3 is 10.2 Å². The molecule has 1 saturated carbocycles. The van der Waals surface area contributed by atoms with Crippen LogP contribution < -0.4 is 5.32 Å². The molecule has 0 amide bonds. The van der Waals surface area contributed by atoms with Crippen LogP contribution in [0.2, 0.25) is 0 Å². The molecule has 0 aromatic heterocycles. The van der Waals surface area contributed by atoms with E-state index in [1.807, 2.05) is 0 Å². The Hall–Kier alpha value is -0.0800. The van der Waals surface area contributed by atoms with Crippen LogP contribution in [0.25, 0.3) is 0 Å². The summed E-state index contributed by atoms with van der Waals surface area (Å²) in [5, 5.41) is 3.64. The van der Waals surface area contributed by atoms with Crippen LogP contribution in [0, 0.1) is 0 Å². The van der Waals surface area contributed by atoms with E-state index in [1.54, 1.807) is 0 Å². The maximum atomic E-state index is 3.64. The second kappa shape index (κ2) is 4.97. The number of hydrogen-bond donors (Lipinski definition) is 1. The highest BCUT2D eigenvalue weighted by molar-refractivity contribution is 4.82. The zero-order valence-corrected chi connectivity index (χ0v) is 9.51. The van der Waals surface area contributed by atoms with Crippen LogP contribution in [0.3, 0.4) is 0 Å². The molecule has 0 radical (unpaired) electrons. The molecule has 0 aliphatic heterocycles. The Morgan fingerprint density at radius 1 is 1.23 bits per heavy atom. The van der Waals surface area contributed by atoms with E-state index < -0.39 is 0 Å². The lowest BCUT2D eigenvalue weighted by Crippen LogP contribution is -2.43. The molecule has 0 heterocycles. The Bertz CT molecular complexity index is 143. The SMILES string of the molecule is CC(C)N[C@H]1CCC[C@@H](N(C)C)C1. The fourth-order valence-corrected chi connectivity index (χ4v) is 2.26. The Kier molecular flexibility index (Phi) is 4.20. The van der Waals surface area contributed by atoms with E-state index in [1.165, 1.54) is 25.7 Å². The number of nitrogens with zero attached hydrogens (tertiary/aromatic N) is 1. The van der Waals surface area contributed by atoms with Crippen LogP contribution in [0.15, 0.2) is 0 Å². The van der Waals surface area contributed by atoms with Crippen molar-refractivity contribution in [1.82, 2.24) is 10.2 Å². The summed E-state index contributed by atoms with van der Waals surface area (Å²) in [6, 6.07) is 2.18. The molecule has 0 aromatic rings. The van der Waals surface area contributed by atoms with Gasteiger partial charge in [0.2, 0.25) is 0 Å². The van der Waals surface area contributed by atoms with Crippen molar-refractivity contribution in [2.45, 2.75) is 57.7 Å². The summed E-state index contributed by atoms with van der Waals surface area (Å²) in [5.41, 5.74) is 0. The highest BCUT2D eigenvalue weighted by atomic mass is 15.1. The van der Waals surface area contributed by atoms with Crippen molar-refractivity contribution < 1.29 is 0 Å². The van der Waals surface area contributed by atoms with Gasteiger partial charge >= 0.3 is 0 Å². The fourth-order valence-electron chi connectivity index (χ4n) is 2.26. The summed E-state index contributed by atoms with van der Waals surface area (Å²) in [5.74, 6) is 0. The molecule has 1 aliphatic rings. The highest BCUT2D eigenvalue weighted by Gasteiger charge is 2.23. The molecule has 1 N–H and O–H groups in total. The molecule has 2 atom stereocenters. The predicted octanol–water partition coefficient (Wildman–Crippen LogP) is 1.86. The average Bonchev–Trinajstić information content (AvgIpc) is 2.03. The Morgan fingerprint density at radius 3 is 2.46 bits per heavy atom. The summed E-state index contributed by atoms with van der Waals surface area (Å²) in [6.07, 6.45) is 5.45. The molecule has 0 saturated heterocycles. The zero-order valence-electron chi connectivity index (χ0n) is 9.51. The molecule has 13 heavy (non-hydrogen) atoms. The van der Waals surface area contributed by atoms with Crippen molar-refractivity contribution in [2.24, 2.45) is 0 Å². The quantitative estimate of drug-likeness (QED) is 0.720. The van der Waals surface area contributed by atoms with Crippen molar-refractivity contribution in [3.63, 3.8) is 0 Å². The third kappa shape index (κ3) is 3.65. The number of hydrogen-bond acceptors (Lipinski definition) is 2. The molecule has 0 bridgehead atoms. The second-order valence-electron chi connectivity index (χ2n) is 4.80. The smallest absolute Gasteiger partial charge is 0.0104 e. The first-order valence-corrected chi connectivity index (χ1v) is 5.52. The van der Waals surface area contributed by atoms with Crippen molar-refractivity contribution >= 4 is 0 Å². The Balaban J connectivity index is 2.33. The van der Waals surface area contributed by atoms with E-state index in [-0.39, 0.29) is 0 Å². The maximum Gasteiger partial charge on any atom is 0.0104 e. The lowest BCUT2D eigenvalue weighted by molar-refractivity contribution is 0.194. The van der Waals surface area contributed by atoms with Crippen LogP contribution in [0.1, 0.15) is 39.5 Å². The van der Waals surface area contributed by atoms with Crippen LogP contribution in [0.4, 0.5) is 0 Å². The minimum atomic E-state index is 0.630. The molecule has 78 valence electrons. The molecule has 1 aliphatic carbocycles. The van der Waals surface area contributed by atoms with Crippen molar-refractivity contribution in [3.8, 4) is 0 Å². The van der Waals surface area contributed by atoms with Gasteiger partial charge in [-0.05, 0) is 33.4 Å². The van der Waals surface area contributed by atoms with Crippen LogP contribution in [0.5, 0.6) is 0 Å². The first-order chi connectivity index (χ1) is 6.09. The summed E-state index contributed by atoms with van der Waals surface area (Å²) in [4.78, 5) is 2.37. The molecule has 0 aromatic carbocycles. The fraction of sp³-hybridized carbons (Fsp3) is 1.00. The van der Waals surface area contributed by atoms with E-state index in [0.29, 0.717) is 6.04 Å². The van der Waals surface area contributed by atoms with Gasteiger partial charge in [-0.1, -0.05) is 20.3 Å². The molecule has 1 rings (SSSR count). The van der Waals surface area contributed by atoms with Gasteiger partial charge in [0.15, 0.2) is 0 Å². The van der Waals surface area contributed by atoms with Gasteiger partial charge in [0.05, 0.1) is 0 Å². The lowest BCUT2D eigenvalue weighted by atomic mass is 9.90. The standard InChI is InChI=1S/C11H24N2/c1-9(2)12-10-6-5-7-11(8-10)13(3)4/h9-12H,5-8H2,1-4H3/t10-,11+/m0/s1. The topological polar surface area (TPSA) is 15.3 Å². The van der Waals surface area contributed by atoms with Crippen molar-refractivity contribution in [3.05, 3.63) is 0 Å². The maximum absolute atomic E-state index is 3.64. The van der Waals surface area contributed by atoms with E-state index in [0.717, 1.165) is 12.1 Å². The van der Waals surface area contributed by atoms with Crippen LogP contribution >= 0.6 is 0 Å². The molecule has 2 nitrogen and oxygen atoms in total. The molecular weight excluding hydrogens is 160 g/mol. The van der Waals surface area contributed by atoms with E-state index >= 15 is 0 Å². The monoisotopic (exact) mass is 184 g/mol. The predicted molar refractivity (Wildman–Crippen MR) is 58.0 cm³/mol. The third-order valence-corrected chi connectivity index (χ3v) is 2.95. The average molecular weight is 184 g/mol. The van der Waals surface area contributed by atoms with Gasteiger partial charge in [-0.25, -0.2) is 0 Å². The summed E-state index contributed by atoms with van der Waals surface area (Å²) < 4.78 is 0. The largest absolute Gasteiger partial charge is 0.312 e. The molecule has 0 unspecified atom stereocenters. The Morgan fingerprint density at radius 2 is 1.92 bits per heavy atom. The van der Waals surface area contributed by atoms with E-state index in [2.05, 4.69) is 38.2 Å². The van der Waals surface area contributed by atoms with Crippen molar-refractivity contribution in [1.29, 1.82) is 0 Å². The minimum absolute atomic E-state index is 0.630. The lowest BCUT2D eigenvalue weighted by Gasteiger charge is -2.34. The highest BCUT2D eigenvalue weighted by Crippen LogP contribution is 2.21. The van der Waals surface area contributed by atoms with Gasteiger partial charge in [0.25, 0.3) is 0 Å². The van der Waals surface area contributed by atoms with Crippen LogP contribution in [-0.2, 0) is 0 Å². The van der Waals surface area contributed by atoms with Gasteiger partial charge in [-0.15, -0.1) is 0 Å². The molecular formula is C11H24N2. The van der Waals surface area contributed by atoms with E-state index in [4.69, 9.17) is 0 Å². The van der Waals surface area contributed by atoms with Gasteiger partial charge in [-0.2, -0.15) is 0 Å². The minimum Gasteiger partial charge on any atom is -0.312 e. The van der Waals surface area contributed by atoms with Gasteiger partial charge in [-0.3, -0.25) is 0 Å². The Labute approximate surface area is 82.7 Å². The van der Waals surface area contributed by atoms with Gasteiger partial charge in [0, 0.05) is 18.1 Å². The third-order valence-electron chi connectivity index (χ3n) is 2.95. The second-order valence-corrected chi connectivity index (χ2v) is 4.80.